The normalized spacial score (nSPS) is 21.0. The van der Waals surface area contributed by atoms with Gasteiger partial charge in [-0.2, -0.15) is 0 Å². The number of esters is 1. The van der Waals surface area contributed by atoms with Crippen LogP contribution >= 0.6 is 0 Å². The molecule has 1 aromatic rings. The standard InChI is InChI=1S/C13H16N2O3/c1-3-18-12(17)8-11(16)13(2)9-6-4-5-7-10(9)14-15-13/h4-7,14-15H,3,8H2,1-2H3. The van der Waals surface area contributed by atoms with Crippen molar-refractivity contribution in [3.63, 3.8) is 0 Å². The number of hydrogen-bond acceptors (Lipinski definition) is 5. The minimum absolute atomic E-state index is 0.210. The molecule has 0 bridgehead atoms. The van der Waals surface area contributed by atoms with Gasteiger partial charge in [0, 0.05) is 5.56 Å². The van der Waals surface area contributed by atoms with Crippen LogP contribution in [0.15, 0.2) is 24.3 Å². The number of para-hydroxylation sites is 1. The Bertz CT molecular complexity index is 487. The number of anilines is 1. The zero-order chi connectivity index (χ0) is 13.2. The van der Waals surface area contributed by atoms with E-state index in [1.54, 1.807) is 13.8 Å². The van der Waals surface area contributed by atoms with E-state index < -0.39 is 11.5 Å². The molecule has 1 aromatic carbocycles. The van der Waals surface area contributed by atoms with Gasteiger partial charge in [-0.1, -0.05) is 18.2 Å². The Morgan fingerprint density at radius 3 is 2.78 bits per heavy atom. The number of rotatable bonds is 4. The highest BCUT2D eigenvalue weighted by Crippen LogP contribution is 2.34. The predicted octanol–water partition coefficient (Wildman–Crippen LogP) is 1.35. The summed E-state index contributed by atoms with van der Waals surface area (Å²) in [6, 6.07) is 7.50. The zero-order valence-electron chi connectivity index (χ0n) is 10.4. The lowest BCUT2D eigenvalue weighted by atomic mass is 9.87. The van der Waals surface area contributed by atoms with Crippen LogP contribution in [0.2, 0.25) is 0 Å². The first kappa shape index (κ1) is 12.6. The highest BCUT2D eigenvalue weighted by molar-refractivity contribution is 6.02. The van der Waals surface area contributed by atoms with Gasteiger partial charge in [-0.3, -0.25) is 9.59 Å². The first-order valence-corrected chi connectivity index (χ1v) is 5.89. The van der Waals surface area contributed by atoms with Gasteiger partial charge in [-0.15, -0.1) is 0 Å². The third-order valence-electron chi connectivity index (χ3n) is 3.08. The Kier molecular flexibility index (Phi) is 3.34. The average Bonchev–Trinajstić information content (AvgIpc) is 2.69. The highest BCUT2D eigenvalue weighted by atomic mass is 16.5. The van der Waals surface area contributed by atoms with Crippen LogP contribution in [0.1, 0.15) is 25.8 Å². The molecule has 1 aliphatic rings. The number of benzene rings is 1. The highest BCUT2D eigenvalue weighted by Gasteiger charge is 2.41. The van der Waals surface area contributed by atoms with Gasteiger partial charge < -0.3 is 10.2 Å². The molecule has 96 valence electrons. The van der Waals surface area contributed by atoms with Crippen molar-refractivity contribution in [2.24, 2.45) is 0 Å². The van der Waals surface area contributed by atoms with Crippen LogP contribution in [0.4, 0.5) is 5.69 Å². The second-order valence-corrected chi connectivity index (χ2v) is 4.33. The third kappa shape index (κ3) is 2.09. The molecule has 18 heavy (non-hydrogen) atoms. The number of nitrogens with one attached hydrogen (secondary N) is 2. The minimum atomic E-state index is -0.886. The number of hydrazine groups is 1. The number of carbonyl (C=O) groups is 2. The van der Waals surface area contributed by atoms with E-state index in [0.717, 1.165) is 11.3 Å². The molecule has 1 aliphatic heterocycles. The largest absolute Gasteiger partial charge is 0.466 e. The zero-order valence-corrected chi connectivity index (χ0v) is 10.4. The van der Waals surface area contributed by atoms with E-state index in [2.05, 4.69) is 10.9 Å². The maximum absolute atomic E-state index is 12.2. The molecule has 0 aliphatic carbocycles. The minimum Gasteiger partial charge on any atom is -0.466 e. The molecule has 1 atom stereocenters. The van der Waals surface area contributed by atoms with E-state index in [1.165, 1.54) is 0 Å². The number of Topliss-reactive ketones (excluding diaryl/α,β-unsaturated/α-hetero) is 1. The molecule has 1 unspecified atom stereocenters. The van der Waals surface area contributed by atoms with E-state index in [9.17, 15) is 9.59 Å². The molecule has 0 saturated carbocycles. The summed E-state index contributed by atoms with van der Waals surface area (Å²) in [7, 11) is 0. The fourth-order valence-electron chi connectivity index (χ4n) is 2.03. The molecular formula is C13H16N2O3. The molecule has 5 heteroatoms. The van der Waals surface area contributed by atoms with E-state index in [4.69, 9.17) is 4.74 Å². The number of carbonyl (C=O) groups excluding carboxylic acids is 2. The third-order valence-corrected chi connectivity index (χ3v) is 3.08. The first-order chi connectivity index (χ1) is 8.58. The monoisotopic (exact) mass is 248 g/mol. The van der Waals surface area contributed by atoms with Gasteiger partial charge in [0.2, 0.25) is 0 Å². The fourth-order valence-corrected chi connectivity index (χ4v) is 2.03. The Hall–Kier alpha value is -1.88. The summed E-state index contributed by atoms with van der Waals surface area (Å²) in [5.74, 6) is -0.701. The van der Waals surface area contributed by atoms with E-state index in [0.29, 0.717) is 0 Å². The van der Waals surface area contributed by atoms with Crippen molar-refractivity contribution in [2.75, 3.05) is 12.0 Å². The van der Waals surface area contributed by atoms with Crippen molar-refractivity contribution in [3.8, 4) is 0 Å². The van der Waals surface area contributed by atoms with E-state index in [1.807, 2.05) is 24.3 Å². The summed E-state index contributed by atoms with van der Waals surface area (Å²) >= 11 is 0. The Balaban J connectivity index is 2.18. The van der Waals surface area contributed by atoms with Crippen molar-refractivity contribution in [3.05, 3.63) is 29.8 Å². The van der Waals surface area contributed by atoms with Crippen LogP contribution in [0.3, 0.4) is 0 Å². The molecule has 1 heterocycles. The topological polar surface area (TPSA) is 67.4 Å². The molecule has 0 radical (unpaired) electrons. The predicted molar refractivity (Wildman–Crippen MR) is 66.8 cm³/mol. The van der Waals surface area contributed by atoms with E-state index in [-0.39, 0.29) is 18.8 Å². The summed E-state index contributed by atoms with van der Waals surface area (Å²) in [5.41, 5.74) is 6.71. The second-order valence-electron chi connectivity index (χ2n) is 4.33. The van der Waals surface area contributed by atoms with Gasteiger partial charge in [0.1, 0.15) is 12.0 Å². The van der Waals surface area contributed by atoms with Gasteiger partial charge >= 0.3 is 5.97 Å². The van der Waals surface area contributed by atoms with Crippen LogP contribution in [0.5, 0.6) is 0 Å². The average molecular weight is 248 g/mol. The molecule has 0 amide bonds. The smallest absolute Gasteiger partial charge is 0.313 e. The summed E-state index contributed by atoms with van der Waals surface area (Å²) in [6.07, 6.45) is -0.229. The molecule has 2 rings (SSSR count). The molecule has 0 fully saturated rings. The van der Waals surface area contributed by atoms with Gasteiger partial charge in [-0.25, -0.2) is 5.43 Å². The molecule has 0 aromatic heterocycles. The van der Waals surface area contributed by atoms with Gasteiger partial charge in [0.25, 0.3) is 0 Å². The number of hydrogen-bond donors (Lipinski definition) is 2. The number of fused-ring (bicyclic) bond motifs is 1. The quantitative estimate of drug-likeness (QED) is 0.622. The van der Waals surface area contributed by atoms with E-state index >= 15 is 0 Å². The fraction of sp³-hybridized carbons (Fsp3) is 0.385. The lowest BCUT2D eigenvalue weighted by molar-refractivity contribution is -0.146. The Morgan fingerprint density at radius 1 is 1.33 bits per heavy atom. The van der Waals surface area contributed by atoms with Crippen molar-refractivity contribution < 1.29 is 14.3 Å². The van der Waals surface area contributed by atoms with Crippen LogP contribution in [0.25, 0.3) is 0 Å². The molecule has 0 spiro atoms. The first-order valence-electron chi connectivity index (χ1n) is 5.89. The lowest BCUT2D eigenvalue weighted by Crippen LogP contribution is -2.45. The summed E-state index contributed by atoms with van der Waals surface area (Å²) in [6.45, 7) is 3.76. The molecule has 2 N–H and O–H groups in total. The number of ketones is 1. The SMILES string of the molecule is CCOC(=O)CC(=O)C1(C)NNc2ccccc21. The Morgan fingerprint density at radius 2 is 2.06 bits per heavy atom. The molecule has 5 nitrogen and oxygen atoms in total. The van der Waals surface area contributed by atoms with Crippen LogP contribution in [0, 0.1) is 0 Å². The van der Waals surface area contributed by atoms with Crippen LogP contribution < -0.4 is 10.9 Å². The maximum atomic E-state index is 12.2. The van der Waals surface area contributed by atoms with Gasteiger partial charge in [-0.05, 0) is 19.9 Å². The maximum Gasteiger partial charge on any atom is 0.313 e. The second kappa shape index (κ2) is 4.78. The van der Waals surface area contributed by atoms with Gasteiger partial charge in [0.05, 0.1) is 12.3 Å². The van der Waals surface area contributed by atoms with Crippen LogP contribution in [-0.2, 0) is 19.9 Å². The van der Waals surface area contributed by atoms with Crippen molar-refractivity contribution in [1.82, 2.24) is 5.43 Å². The molecular weight excluding hydrogens is 232 g/mol. The summed E-state index contributed by atoms with van der Waals surface area (Å²) in [4.78, 5) is 23.6. The van der Waals surface area contributed by atoms with Crippen molar-refractivity contribution >= 4 is 17.4 Å². The lowest BCUT2D eigenvalue weighted by Gasteiger charge is -2.22. The number of ether oxygens (including phenoxy) is 1. The molecule has 0 saturated heterocycles. The van der Waals surface area contributed by atoms with Crippen LogP contribution in [-0.4, -0.2) is 18.4 Å². The van der Waals surface area contributed by atoms with Crippen molar-refractivity contribution in [1.29, 1.82) is 0 Å². The summed E-state index contributed by atoms with van der Waals surface area (Å²) in [5, 5.41) is 0. The summed E-state index contributed by atoms with van der Waals surface area (Å²) < 4.78 is 4.80. The van der Waals surface area contributed by atoms with Crippen molar-refractivity contribution in [2.45, 2.75) is 25.8 Å². The Labute approximate surface area is 105 Å². The van der Waals surface area contributed by atoms with Gasteiger partial charge in [0.15, 0.2) is 5.78 Å².